The zero-order valence-corrected chi connectivity index (χ0v) is 17.8. The van der Waals surface area contributed by atoms with Crippen molar-refractivity contribution >= 4 is 29.9 Å². The average molecular weight is 457 g/mol. The van der Waals surface area contributed by atoms with Gasteiger partial charge in [0.05, 0.1) is 0 Å². The Balaban J connectivity index is 0.00000312. The first kappa shape index (κ1) is 21.4. The summed E-state index contributed by atoms with van der Waals surface area (Å²) in [7, 11) is 1.79. The third-order valence-electron chi connectivity index (χ3n) is 3.64. The van der Waals surface area contributed by atoms with Crippen LogP contribution in [0.3, 0.4) is 0 Å². The fraction of sp³-hybridized carbons (Fsp3) is 0.500. The van der Waals surface area contributed by atoms with Gasteiger partial charge in [-0.3, -0.25) is 4.99 Å². The predicted molar refractivity (Wildman–Crippen MR) is 112 cm³/mol. The molecule has 0 radical (unpaired) electrons. The normalized spacial score (nSPS) is 11.1. The van der Waals surface area contributed by atoms with Crippen molar-refractivity contribution in [3.8, 4) is 0 Å². The Bertz CT molecular complexity index is 664. The van der Waals surface area contributed by atoms with Crippen molar-refractivity contribution in [2.75, 3.05) is 20.1 Å². The maximum Gasteiger partial charge on any atom is 0.226 e. The van der Waals surface area contributed by atoms with Crippen LogP contribution < -0.4 is 10.6 Å². The van der Waals surface area contributed by atoms with E-state index in [1.807, 2.05) is 6.92 Å². The van der Waals surface area contributed by atoms with Crippen molar-refractivity contribution in [1.82, 2.24) is 20.8 Å². The van der Waals surface area contributed by atoms with E-state index in [0.717, 1.165) is 38.3 Å². The van der Waals surface area contributed by atoms with Crippen molar-refractivity contribution in [2.45, 2.75) is 40.0 Å². The molecule has 7 heteroatoms. The summed E-state index contributed by atoms with van der Waals surface area (Å²) in [5.74, 6) is 2.19. The highest BCUT2D eigenvalue weighted by molar-refractivity contribution is 14.0. The number of aliphatic imine (C=N–C) groups is 1. The van der Waals surface area contributed by atoms with Crippen molar-refractivity contribution in [1.29, 1.82) is 0 Å². The van der Waals surface area contributed by atoms with Crippen LogP contribution in [0.25, 0.3) is 0 Å². The van der Waals surface area contributed by atoms with Gasteiger partial charge in [-0.2, -0.15) is 4.98 Å². The number of hydrogen-bond acceptors (Lipinski definition) is 4. The van der Waals surface area contributed by atoms with Gasteiger partial charge in [-0.1, -0.05) is 34.5 Å². The minimum absolute atomic E-state index is 0. The van der Waals surface area contributed by atoms with Crippen molar-refractivity contribution in [2.24, 2.45) is 4.99 Å². The molecule has 2 rings (SSSR count). The number of nitrogens with one attached hydrogen (secondary N) is 2. The summed E-state index contributed by atoms with van der Waals surface area (Å²) in [4.78, 5) is 8.44. The quantitative estimate of drug-likeness (QED) is 0.290. The second-order valence-electron chi connectivity index (χ2n) is 6.01. The molecular weight excluding hydrogens is 429 g/mol. The van der Waals surface area contributed by atoms with Crippen LogP contribution in [0.5, 0.6) is 0 Å². The van der Waals surface area contributed by atoms with Gasteiger partial charge in [0, 0.05) is 26.6 Å². The van der Waals surface area contributed by atoms with E-state index in [-0.39, 0.29) is 24.0 Å². The molecule has 0 spiro atoms. The minimum atomic E-state index is 0. The first-order valence-electron chi connectivity index (χ1n) is 8.37. The largest absolute Gasteiger partial charge is 0.356 e. The van der Waals surface area contributed by atoms with E-state index in [0.29, 0.717) is 11.7 Å². The SMILES string of the molecule is CN=C(NCCCc1nc(C)no1)NCCc1cc(C)cc(C)c1.I. The van der Waals surface area contributed by atoms with Crippen LogP contribution in [0.4, 0.5) is 0 Å². The number of guanidine groups is 1. The lowest BCUT2D eigenvalue weighted by molar-refractivity contribution is 0.372. The lowest BCUT2D eigenvalue weighted by Gasteiger charge is -2.12. The van der Waals surface area contributed by atoms with Gasteiger partial charge in [-0.05, 0) is 39.2 Å². The molecule has 0 aliphatic carbocycles. The van der Waals surface area contributed by atoms with Gasteiger partial charge in [0.2, 0.25) is 5.89 Å². The first-order valence-corrected chi connectivity index (χ1v) is 8.37. The monoisotopic (exact) mass is 457 g/mol. The molecule has 0 unspecified atom stereocenters. The molecule has 1 aromatic carbocycles. The summed E-state index contributed by atoms with van der Waals surface area (Å²) in [6.45, 7) is 7.76. The van der Waals surface area contributed by atoms with Crippen LogP contribution in [0.1, 0.15) is 34.8 Å². The molecule has 0 aliphatic rings. The highest BCUT2D eigenvalue weighted by atomic mass is 127. The van der Waals surface area contributed by atoms with Crippen LogP contribution >= 0.6 is 24.0 Å². The van der Waals surface area contributed by atoms with Crippen molar-refractivity contribution in [3.05, 3.63) is 46.6 Å². The van der Waals surface area contributed by atoms with E-state index in [4.69, 9.17) is 4.52 Å². The predicted octanol–water partition coefficient (Wildman–Crippen LogP) is 2.95. The summed E-state index contributed by atoms with van der Waals surface area (Å²) >= 11 is 0. The highest BCUT2D eigenvalue weighted by Crippen LogP contribution is 2.08. The van der Waals surface area contributed by atoms with Crippen LogP contribution in [0.2, 0.25) is 0 Å². The molecule has 0 saturated carbocycles. The summed E-state index contributed by atoms with van der Waals surface area (Å²) in [5.41, 5.74) is 3.97. The number of benzene rings is 1. The van der Waals surface area contributed by atoms with Gasteiger partial charge < -0.3 is 15.2 Å². The molecule has 0 atom stereocenters. The van der Waals surface area contributed by atoms with E-state index in [9.17, 15) is 0 Å². The summed E-state index contributed by atoms with van der Waals surface area (Å²) in [5, 5.41) is 10.4. The van der Waals surface area contributed by atoms with Gasteiger partial charge in [0.15, 0.2) is 11.8 Å². The summed E-state index contributed by atoms with van der Waals surface area (Å²) in [6, 6.07) is 6.66. The summed E-state index contributed by atoms with van der Waals surface area (Å²) in [6.07, 6.45) is 2.66. The number of halogens is 1. The molecule has 0 bridgehead atoms. The minimum Gasteiger partial charge on any atom is -0.356 e. The zero-order valence-electron chi connectivity index (χ0n) is 15.4. The van der Waals surface area contributed by atoms with E-state index in [1.54, 1.807) is 7.05 Å². The number of aryl methyl sites for hydroxylation is 4. The lowest BCUT2D eigenvalue weighted by atomic mass is 10.1. The molecule has 0 aliphatic heterocycles. The highest BCUT2D eigenvalue weighted by Gasteiger charge is 2.03. The van der Waals surface area contributed by atoms with Crippen molar-refractivity contribution < 1.29 is 4.52 Å². The van der Waals surface area contributed by atoms with Crippen LogP contribution in [-0.4, -0.2) is 36.2 Å². The lowest BCUT2D eigenvalue weighted by Crippen LogP contribution is -2.38. The molecule has 138 valence electrons. The molecule has 0 amide bonds. The molecule has 1 aromatic heterocycles. The fourth-order valence-electron chi connectivity index (χ4n) is 2.65. The number of nitrogens with zero attached hydrogens (tertiary/aromatic N) is 3. The van der Waals surface area contributed by atoms with Gasteiger partial charge in [-0.25, -0.2) is 0 Å². The van der Waals surface area contributed by atoms with E-state index >= 15 is 0 Å². The number of hydrogen-bond donors (Lipinski definition) is 2. The van der Waals surface area contributed by atoms with Crippen LogP contribution in [0.15, 0.2) is 27.7 Å². The molecule has 6 nitrogen and oxygen atoms in total. The van der Waals surface area contributed by atoms with Gasteiger partial charge in [-0.15, -0.1) is 24.0 Å². The average Bonchev–Trinajstić information content (AvgIpc) is 2.94. The molecule has 25 heavy (non-hydrogen) atoms. The van der Waals surface area contributed by atoms with Crippen LogP contribution in [0, 0.1) is 20.8 Å². The molecule has 0 fully saturated rings. The number of aromatic nitrogens is 2. The molecule has 1 heterocycles. The first-order chi connectivity index (χ1) is 11.6. The van der Waals surface area contributed by atoms with Gasteiger partial charge in [0.25, 0.3) is 0 Å². The smallest absolute Gasteiger partial charge is 0.226 e. The Hall–Kier alpha value is -1.64. The van der Waals surface area contributed by atoms with Gasteiger partial charge >= 0.3 is 0 Å². The Morgan fingerprint density at radius 3 is 2.32 bits per heavy atom. The fourth-order valence-corrected chi connectivity index (χ4v) is 2.65. The number of rotatable bonds is 7. The third kappa shape index (κ3) is 7.85. The zero-order chi connectivity index (χ0) is 17.4. The third-order valence-corrected chi connectivity index (χ3v) is 3.64. The van der Waals surface area contributed by atoms with Crippen molar-refractivity contribution in [3.63, 3.8) is 0 Å². The van der Waals surface area contributed by atoms with Crippen LogP contribution in [-0.2, 0) is 12.8 Å². The van der Waals surface area contributed by atoms with E-state index in [2.05, 4.69) is 57.8 Å². The van der Waals surface area contributed by atoms with Gasteiger partial charge in [0.1, 0.15) is 0 Å². The molecular formula is C18H28IN5O. The molecule has 2 aromatic rings. The molecule has 0 saturated heterocycles. The Labute approximate surface area is 166 Å². The maximum atomic E-state index is 5.10. The van der Waals surface area contributed by atoms with E-state index < -0.39 is 0 Å². The second kappa shape index (κ2) is 11.1. The Morgan fingerprint density at radius 2 is 1.72 bits per heavy atom. The topological polar surface area (TPSA) is 75.3 Å². The second-order valence-corrected chi connectivity index (χ2v) is 6.01. The Kier molecular flexibility index (Phi) is 9.48. The summed E-state index contributed by atoms with van der Waals surface area (Å²) < 4.78 is 5.10. The standard InChI is InChI=1S/C18H27N5O.HI/c1-13-10-14(2)12-16(11-13)7-9-21-18(19-4)20-8-5-6-17-22-15(3)23-24-17;/h10-12H,5-9H2,1-4H3,(H2,19,20,21);1H. The molecule has 2 N–H and O–H groups in total. The van der Waals surface area contributed by atoms with E-state index in [1.165, 1.54) is 16.7 Å². The Morgan fingerprint density at radius 1 is 1.04 bits per heavy atom. The maximum absolute atomic E-state index is 5.10.